The van der Waals surface area contributed by atoms with E-state index in [0.29, 0.717) is 0 Å². The summed E-state index contributed by atoms with van der Waals surface area (Å²) in [4.78, 5) is 29.9. The van der Waals surface area contributed by atoms with Crippen molar-refractivity contribution in [2.45, 2.75) is 13.3 Å². The quantitative estimate of drug-likeness (QED) is 0.413. The van der Waals surface area contributed by atoms with Crippen molar-refractivity contribution < 1.29 is 41.9 Å². The molecule has 0 fully saturated rings. The maximum atomic E-state index is 10.1. The molecule has 0 unspecified atom stereocenters. The van der Waals surface area contributed by atoms with Crippen LogP contribution in [0.4, 0.5) is 0 Å². The number of Topliss-reactive ketones (excluding diaryl/α,β-unsaturated/α-hetero) is 2. The van der Waals surface area contributed by atoms with Crippen molar-refractivity contribution in [2.75, 3.05) is 0 Å². The fourth-order valence-electron chi connectivity index (χ4n) is 0.302. The summed E-state index contributed by atoms with van der Waals surface area (Å²) in [7, 11) is 0. The van der Waals surface area contributed by atoms with Crippen LogP contribution in [0.15, 0.2) is 0 Å². The summed E-state index contributed by atoms with van der Waals surface area (Å²) in [6.07, 6.45) is -0.505. The van der Waals surface area contributed by atoms with E-state index in [9.17, 15) is 14.4 Å². The Kier molecular flexibility index (Phi) is 6.55. The number of aliphatic carboxylic acids is 1. The van der Waals surface area contributed by atoms with Gasteiger partial charge in [0.05, 0.1) is 6.42 Å². The SMILES string of the molecule is CC(=O)CC(=O)C(=O)O.[Ag]. The van der Waals surface area contributed by atoms with Crippen molar-refractivity contribution >= 4 is 17.5 Å². The standard InChI is InChI=1S/C5H6O4.Ag/c1-3(6)2-4(7)5(8)9;/h2H2,1H3,(H,8,9);. The molecule has 10 heavy (non-hydrogen) atoms. The average Bonchev–Trinajstić information content (AvgIpc) is 1.63. The van der Waals surface area contributed by atoms with Gasteiger partial charge in [0, 0.05) is 22.4 Å². The molecule has 0 aliphatic carbocycles. The van der Waals surface area contributed by atoms with Gasteiger partial charge in [-0.15, -0.1) is 0 Å². The Morgan fingerprint density at radius 2 is 1.70 bits per heavy atom. The zero-order valence-electron chi connectivity index (χ0n) is 5.18. The smallest absolute Gasteiger partial charge is 0.372 e. The molecule has 0 aromatic heterocycles. The Bertz CT molecular complexity index is 163. The van der Waals surface area contributed by atoms with Crippen LogP contribution < -0.4 is 0 Å². The Hall–Kier alpha value is -0.450. The van der Waals surface area contributed by atoms with Crippen molar-refractivity contribution in [3.8, 4) is 0 Å². The van der Waals surface area contributed by atoms with Gasteiger partial charge in [0.25, 0.3) is 0 Å². The number of ketones is 2. The molecule has 61 valence electrons. The Morgan fingerprint density at radius 3 is 1.80 bits per heavy atom. The summed E-state index contributed by atoms with van der Waals surface area (Å²) >= 11 is 0. The van der Waals surface area contributed by atoms with E-state index in [4.69, 9.17) is 5.11 Å². The van der Waals surface area contributed by atoms with E-state index in [-0.39, 0.29) is 22.4 Å². The molecule has 0 aliphatic rings. The van der Waals surface area contributed by atoms with Crippen LogP contribution in [0.3, 0.4) is 0 Å². The van der Waals surface area contributed by atoms with Crippen LogP contribution in [0.5, 0.6) is 0 Å². The van der Waals surface area contributed by atoms with E-state index < -0.39 is 24.0 Å². The number of hydrogen-bond acceptors (Lipinski definition) is 3. The molecule has 0 saturated carbocycles. The number of hydrogen-bond donors (Lipinski definition) is 1. The first-order valence-corrected chi connectivity index (χ1v) is 2.29. The molecule has 0 aliphatic heterocycles. The van der Waals surface area contributed by atoms with E-state index >= 15 is 0 Å². The number of carbonyl (C=O) groups excluding carboxylic acids is 2. The van der Waals surface area contributed by atoms with Gasteiger partial charge in [-0.3, -0.25) is 9.59 Å². The van der Waals surface area contributed by atoms with Gasteiger partial charge >= 0.3 is 5.97 Å². The van der Waals surface area contributed by atoms with Gasteiger partial charge in [-0.2, -0.15) is 0 Å². The molecule has 0 saturated heterocycles. The predicted octanol–water partition coefficient (Wildman–Crippen LogP) is -0.383. The van der Waals surface area contributed by atoms with Crippen molar-refractivity contribution in [3.63, 3.8) is 0 Å². The first-order chi connectivity index (χ1) is 4.04. The van der Waals surface area contributed by atoms with Gasteiger partial charge in [-0.25, -0.2) is 4.79 Å². The van der Waals surface area contributed by atoms with Crippen LogP contribution >= 0.6 is 0 Å². The first-order valence-electron chi connectivity index (χ1n) is 2.29. The van der Waals surface area contributed by atoms with Gasteiger partial charge in [-0.05, 0) is 6.92 Å². The Balaban J connectivity index is 0. The predicted molar refractivity (Wildman–Crippen MR) is 27.9 cm³/mol. The minimum absolute atomic E-state index is 0. The summed E-state index contributed by atoms with van der Waals surface area (Å²) in [6.45, 7) is 1.17. The molecule has 1 N–H and O–H groups in total. The monoisotopic (exact) mass is 237 g/mol. The Morgan fingerprint density at radius 1 is 1.30 bits per heavy atom. The molecule has 0 amide bonds. The molecule has 0 spiro atoms. The van der Waals surface area contributed by atoms with E-state index in [1.54, 1.807) is 0 Å². The van der Waals surface area contributed by atoms with Gasteiger partial charge in [0.1, 0.15) is 5.78 Å². The molecule has 1 radical (unpaired) electrons. The number of rotatable bonds is 3. The largest absolute Gasteiger partial charge is 0.475 e. The third-order valence-corrected chi connectivity index (χ3v) is 0.648. The molecule has 0 heterocycles. The van der Waals surface area contributed by atoms with Crippen LogP contribution in [0, 0.1) is 0 Å². The van der Waals surface area contributed by atoms with Crippen molar-refractivity contribution in [2.24, 2.45) is 0 Å². The summed E-state index contributed by atoms with van der Waals surface area (Å²) in [5, 5.41) is 7.93. The van der Waals surface area contributed by atoms with Crippen LogP contribution in [-0.4, -0.2) is 22.6 Å². The van der Waals surface area contributed by atoms with E-state index in [1.165, 1.54) is 6.92 Å². The Labute approximate surface area is 73.1 Å². The minimum Gasteiger partial charge on any atom is -0.475 e. The maximum absolute atomic E-state index is 10.1. The van der Waals surface area contributed by atoms with Gasteiger partial charge in [0.2, 0.25) is 5.78 Å². The second-order valence-electron chi connectivity index (χ2n) is 1.61. The minimum atomic E-state index is -1.55. The first kappa shape index (κ1) is 12.2. The maximum Gasteiger partial charge on any atom is 0.372 e. The molecule has 0 aromatic carbocycles. The number of carboxylic acid groups (broad SMARTS) is 1. The fourth-order valence-corrected chi connectivity index (χ4v) is 0.302. The summed E-state index contributed by atoms with van der Waals surface area (Å²) in [6, 6.07) is 0. The normalized spacial score (nSPS) is 7.70. The van der Waals surface area contributed by atoms with Gasteiger partial charge in [0.15, 0.2) is 0 Å². The molecule has 0 atom stereocenters. The van der Waals surface area contributed by atoms with Crippen molar-refractivity contribution in [1.82, 2.24) is 0 Å². The zero-order chi connectivity index (χ0) is 7.44. The fraction of sp³-hybridized carbons (Fsp3) is 0.400. The zero-order valence-corrected chi connectivity index (χ0v) is 6.66. The van der Waals surface area contributed by atoms with Crippen LogP contribution in [0.25, 0.3) is 0 Å². The van der Waals surface area contributed by atoms with Gasteiger partial charge in [-0.1, -0.05) is 0 Å². The molecule has 4 nitrogen and oxygen atoms in total. The molecule has 0 rings (SSSR count). The van der Waals surface area contributed by atoms with Crippen LogP contribution in [0.2, 0.25) is 0 Å². The molecule has 0 aromatic rings. The summed E-state index contributed by atoms with van der Waals surface area (Å²) in [5.41, 5.74) is 0. The van der Waals surface area contributed by atoms with E-state index in [2.05, 4.69) is 0 Å². The van der Waals surface area contributed by atoms with E-state index in [1.807, 2.05) is 0 Å². The van der Waals surface area contributed by atoms with Crippen LogP contribution in [0.1, 0.15) is 13.3 Å². The molecular weight excluding hydrogens is 232 g/mol. The van der Waals surface area contributed by atoms with Gasteiger partial charge < -0.3 is 5.11 Å². The third kappa shape index (κ3) is 5.68. The molecular formula is C5H6AgO4. The number of carboxylic acids is 1. The average molecular weight is 238 g/mol. The second kappa shape index (κ2) is 5.34. The molecule has 5 heteroatoms. The number of carbonyl (C=O) groups is 3. The van der Waals surface area contributed by atoms with Crippen LogP contribution in [-0.2, 0) is 36.8 Å². The molecule has 0 bridgehead atoms. The van der Waals surface area contributed by atoms with Crippen molar-refractivity contribution in [1.29, 1.82) is 0 Å². The van der Waals surface area contributed by atoms with Crippen molar-refractivity contribution in [3.05, 3.63) is 0 Å². The third-order valence-electron chi connectivity index (χ3n) is 0.648. The summed E-state index contributed by atoms with van der Waals surface area (Å²) < 4.78 is 0. The van der Waals surface area contributed by atoms with E-state index in [0.717, 1.165) is 0 Å². The topological polar surface area (TPSA) is 71.4 Å². The summed E-state index contributed by atoms with van der Waals surface area (Å²) in [5.74, 6) is -3.03. The second-order valence-corrected chi connectivity index (χ2v) is 1.61.